The van der Waals surface area contributed by atoms with Gasteiger partial charge in [-0.05, 0) is 0 Å². The van der Waals surface area contributed by atoms with Gasteiger partial charge in [-0.15, -0.1) is 5.06 Å². The van der Waals surface area contributed by atoms with E-state index in [1.54, 1.807) is 0 Å². The number of nitrogens with one attached hydrogen (secondary N) is 2. The number of hydrogen-bond acceptors (Lipinski definition) is 9. The third kappa shape index (κ3) is 10.3. The van der Waals surface area contributed by atoms with E-state index in [0.717, 1.165) is 18.2 Å². The van der Waals surface area contributed by atoms with Crippen molar-refractivity contribution in [1.29, 1.82) is 0 Å². The van der Waals surface area contributed by atoms with Crippen molar-refractivity contribution in [1.82, 2.24) is 16.0 Å². The summed E-state index contributed by atoms with van der Waals surface area (Å²) in [6.45, 7) is 10.6. The van der Waals surface area contributed by atoms with Crippen molar-refractivity contribution in [3.05, 3.63) is 38.0 Å². The van der Waals surface area contributed by atoms with Crippen LogP contribution in [-0.2, 0) is 28.9 Å². The molecule has 0 heterocycles. The second-order valence-corrected chi connectivity index (χ2v) is 3.58. The SMILES string of the molecule is C=CC(=O)ONCCN(CCNOC(=O)C=C)OC(=O)C=C. The average Bonchev–Trinajstić information content (AvgIpc) is 2.53. The van der Waals surface area contributed by atoms with E-state index in [4.69, 9.17) is 4.84 Å². The fourth-order valence-corrected chi connectivity index (χ4v) is 1.04. The summed E-state index contributed by atoms with van der Waals surface area (Å²) in [7, 11) is 0. The average molecular weight is 313 g/mol. The van der Waals surface area contributed by atoms with E-state index in [-0.39, 0.29) is 26.2 Å². The molecule has 0 aliphatic heterocycles. The molecular weight excluding hydrogens is 294 g/mol. The molecule has 0 aliphatic rings. The maximum absolute atomic E-state index is 11.2. The molecule has 0 rings (SSSR count). The molecule has 0 spiro atoms. The van der Waals surface area contributed by atoms with Crippen molar-refractivity contribution in [2.45, 2.75) is 0 Å². The molecule has 122 valence electrons. The van der Waals surface area contributed by atoms with E-state index in [2.05, 4.69) is 40.4 Å². The quantitative estimate of drug-likeness (QED) is 0.277. The molecule has 0 bridgehead atoms. The zero-order valence-corrected chi connectivity index (χ0v) is 12.1. The van der Waals surface area contributed by atoms with Crippen molar-refractivity contribution in [2.24, 2.45) is 0 Å². The fraction of sp³-hybridized carbons (Fsp3) is 0.308. The van der Waals surface area contributed by atoms with Gasteiger partial charge in [0.15, 0.2) is 0 Å². The zero-order chi connectivity index (χ0) is 16.8. The molecule has 0 unspecified atom stereocenters. The monoisotopic (exact) mass is 313 g/mol. The Morgan fingerprint density at radius 2 is 1.23 bits per heavy atom. The van der Waals surface area contributed by atoms with Gasteiger partial charge in [-0.3, -0.25) is 0 Å². The summed E-state index contributed by atoms with van der Waals surface area (Å²) in [6, 6.07) is 0. The van der Waals surface area contributed by atoms with Crippen LogP contribution in [0, 0.1) is 0 Å². The van der Waals surface area contributed by atoms with Gasteiger partial charge >= 0.3 is 17.9 Å². The Labute approximate surface area is 128 Å². The smallest absolute Gasteiger partial charge is 0.349 e. The number of carbonyl (C=O) groups is 3. The normalized spacial score (nSPS) is 9.68. The van der Waals surface area contributed by atoms with Crippen molar-refractivity contribution in [3.63, 3.8) is 0 Å². The lowest BCUT2D eigenvalue weighted by atomic mass is 10.5. The van der Waals surface area contributed by atoms with Crippen molar-refractivity contribution >= 4 is 17.9 Å². The van der Waals surface area contributed by atoms with E-state index in [1.807, 2.05) is 0 Å². The molecule has 9 heteroatoms. The first-order valence-electron chi connectivity index (χ1n) is 6.25. The van der Waals surface area contributed by atoms with Crippen LogP contribution in [0.3, 0.4) is 0 Å². The van der Waals surface area contributed by atoms with Crippen LogP contribution in [-0.4, -0.2) is 49.2 Å². The summed E-state index contributed by atoms with van der Waals surface area (Å²) in [5.41, 5.74) is 4.75. The third-order valence-electron chi connectivity index (χ3n) is 1.99. The van der Waals surface area contributed by atoms with Crippen LogP contribution >= 0.6 is 0 Å². The first-order chi connectivity index (χ1) is 10.5. The molecule has 0 radical (unpaired) electrons. The number of rotatable bonds is 12. The van der Waals surface area contributed by atoms with E-state index < -0.39 is 17.9 Å². The highest BCUT2D eigenvalue weighted by molar-refractivity contribution is 5.81. The van der Waals surface area contributed by atoms with Crippen LogP contribution in [0.25, 0.3) is 0 Å². The maximum Gasteiger partial charge on any atom is 0.349 e. The molecule has 22 heavy (non-hydrogen) atoms. The van der Waals surface area contributed by atoms with Crippen LogP contribution < -0.4 is 11.0 Å². The Morgan fingerprint density at radius 3 is 1.59 bits per heavy atom. The van der Waals surface area contributed by atoms with E-state index in [9.17, 15) is 14.4 Å². The molecule has 0 aromatic carbocycles. The molecule has 9 nitrogen and oxygen atoms in total. The van der Waals surface area contributed by atoms with Gasteiger partial charge in [0.05, 0.1) is 13.1 Å². The summed E-state index contributed by atoms with van der Waals surface area (Å²) >= 11 is 0. The molecule has 0 atom stereocenters. The number of hydroxylamine groups is 4. The first kappa shape index (κ1) is 19.5. The topological polar surface area (TPSA) is 106 Å². The highest BCUT2D eigenvalue weighted by atomic mass is 16.7. The van der Waals surface area contributed by atoms with Gasteiger partial charge in [-0.1, -0.05) is 19.7 Å². The fourth-order valence-electron chi connectivity index (χ4n) is 1.04. The summed E-state index contributed by atoms with van der Waals surface area (Å²) in [4.78, 5) is 46.8. The predicted molar refractivity (Wildman–Crippen MR) is 76.4 cm³/mol. The highest BCUT2D eigenvalue weighted by Crippen LogP contribution is 1.91. The molecule has 0 saturated carbocycles. The van der Waals surface area contributed by atoms with Crippen LogP contribution in [0.5, 0.6) is 0 Å². The van der Waals surface area contributed by atoms with Crippen molar-refractivity contribution < 1.29 is 28.9 Å². The Hall–Kier alpha value is -2.49. The van der Waals surface area contributed by atoms with Crippen molar-refractivity contribution in [3.8, 4) is 0 Å². The van der Waals surface area contributed by atoms with Gasteiger partial charge in [0.1, 0.15) is 0 Å². The molecule has 0 aromatic rings. The lowest BCUT2D eigenvalue weighted by Crippen LogP contribution is -2.38. The van der Waals surface area contributed by atoms with Crippen LogP contribution in [0.4, 0.5) is 0 Å². The Bertz CT molecular complexity index is 396. The Kier molecular flexibility index (Phi) is 10.9. The van der Waals surface area contributed by atoms with Crippen molar-refractivity contribution in [2.75, 3.05) is 26.2 Å². The minimum absolute atomic E-state index is 0.191. The molecular formula is C13H19N3O6. The molecule has 0 aromatic heterocycles. The van der Waals surface area contributed by atoms with E-state index in [1.165, 1.54) is 5.06 Å². The minimum atomic E-state index is -0.647. The molecule has 0 aliphatic carbocycles. The van der Waals surface area contributed by atoms with Crippen LogP contribution in [0.15, 0.2) is 38.0 Å². The third-order valence-corrected chi connectivity index (χ3v) is 1.99. The number of hydrogen-bond donors (Lipinski definition) is 2. The standard InChI is InChI=1S/C13H19N3O6/c1-4-11(17)20-14-7-9-16(22-13(19)6-3)10-8-15-21-12(18)5-2/h4-6,14-15H,1-3,7-10H2. The Morgan fingerprint density at radius 1 is 0.818 bits per heavy atom. The van der Waals surface area contributed by atoms with Gasteiger partial charge in [0.2, 0.25) is 0 Å². The summed E-state index contributed by atoms with van der Waals surface area (Å²) in [5.74, 6) is -1.91. The molecule has 2 N–H and O–H groups in total. The number of carbonyl (C=O) groups excluding carboxylic acids is 3. The van der Waals surface area contributed by atoms with Gasteiger partial charge in [0.25, 0.3) is 0 Å². The van der Waals surface area contributed by atoms with Gasteiger partial charge in [-0.2, -0.15) is 11.0 Å². The number of nitrogens with zero attached hydrogens (tertiary/aromatic N) is 1. The van der Waals surface area contributed by atoms with E-state index in [0.29, 0.717) is 0 Å². The molecule has 0 fully saturated rings. The zero-order valence-electron chi connectivity index (χ0n) is 12.1. The van der Waals surface area contributed by atoms with Gasteiger partial charge in [0, 0.05) is 31.3 Å². The van der Waals surface area contributed by atoms with Gasteiger partial charge in [-0.25, -0.2) is 14.4 Å². The molecule has 0 amide bonds. The summed E-state index contributed by atoms with van der Waals surface area (Å²) in [6.07, 6.45) is 3.00. The largest absolute Gasteiger partial charge is 0.367 e. The summed E-state index contributed by atoms with van der Waals surface area (Å²) < 4.78 is 0. The lowest BCUT2D eigenvalue weighted by Gasteiger charge is -2.20. The second kappa shape index (κ2) is 12.3. The Balaban J connectivity index is 4.08. The lowest BCUT2D eigenvalue weighted by molar-refractivity contribution is -0.187. The molecule has 0 saturated heterocycles. The summed E-state index contributed by atoms with van der Waals surface area (Å²) in [5, 5.41) is 1.27. The first-order valence-corrected chi connectivity index (χ1v) is 6.25. The maximum atomic E-state index is 11.2. The second-order valence-electron chi connectivity index (χ2n) is 3.58. The predicted octanol–water partition coefficient (Wildman–Crippen LogP) is -0.600. The highest BCUT2D eigenvalue weighted by Gasteiger charge is 2.10. The van der Waals surface area contributed by atoms with Gasteiger partial charge < -0.3 is 14.5 Å². The van der Waals surface area contributed by atoms with Crippen LogP contribution in [0.1, 0.15) is 0 Å². The van der Waals surface area contributed by atoms with Crippen LogP contribution in [0.2, 0.25) is 0 Å². The minimum Gasteiger partial charge on any atom is -0.367 e. The van der Waals surface area contributed by atoms with E-state index >= 15 is 0 Å².